The summed E-state index contributed by atoms with van der Waals surface area (Å²) in [6.45, 7) is 5.90. The fourth-order valence-electron chi connectivity index (χ4n) is 1.76. The molecule has 0 aromatic carbocycles. The van der Waals surface area contributed by atoms with E-state index in [1.54, 1.807) is 24.7 Å². The Hall–Kier alpha value is -2.24. The first-order valence-corrected chi connectivity index (χ1v) is 6.58. The first kappa shape index (κ1) is 14.2. The highest BCUT2D eigenvalue weighted by Gasteiger charge is 2.17. The molecule has 2 aromatic rings. The minimum Gasteiger partial charge on any atom is -0.351 e. The van der Waals surface area contributed by atoms with Crippen LogP contribution in [0.5, 0.6) is 0 Å². The van der Waals surface area contributed by atoms with Crippen molar-refractivity contribution in [3.05, 3.63) is 41.8 Å². The number of rotatable bonds is 5. The summed E-state index contributed by atoms with van der Waals surface area (Å²) in [6.07, 6.45) is 5.56. The lowest BCUT2D eigenvalue weighted by Gasteiger charge is -2.11. The highest BCUT2D eigenvalue weighted by atomic mass is 16.5. The van der Waals surface area contributed by atoms with Crippen molar-refractivity contribution < 1.29 is 9.32 Å². The van der Waals surface area contributed by atoms with Gasteiger partial charge in [0.2, 0.25) is 5.76 Å². The topological polar surface area (TPSA) is 80.9 Å². The average molecular weight is 274 g/mol. The van der Waals surface area contributed by atoms with Crippen molar-refractivity contribution in [2.45, 2.75) is 39.2 Å². The van der Waals surface area contributed by atoms with E-state index in [1.165, 1.54) is 0 Å². The van der Waals surface area contributed by atoms with Gasteiger partial charge in [-0.2, -0.15) is 0 Å². The van der Waals surface area contributed by atoms with Gasteiger partial charge in [0.1, 0.15) is 0 Å². The Labute approximate surface area is 117 Å². The molecule has 0 saturated carbocycles. The number of amides is 1. The number of aromatic nitrogens is 3. The molecule has 106 valence electrons. The summed E-state index contributed by atoms with van der Waals surface area (Å²) >= 11 is 0. The fraction of sp³-hybridized carbons (Fsp3) is 0.429. The van der Waals surface area contributed by atoms with E-state index in [0.717, 1.165) is 11.4 Å². The summed E-state index contributed by atoms with van der Waals surface area (Å²) in [7, 11) is 0. The predicted octanol–water partition coefficient (Wildman–Crippen LogP) is 1.95. The van der Waals surface area contributed by atoms with E-state index in [-0.39, 0.29) is 23.6 Å². The van der Waals surface area contributed by atoms with E-state index in [4.69, 9.17) is 4.52 Å². The molecule has 0 fully saturated rings. The smallest absolute Gasteiger partial charge is 0.290 e. The van der Waals surface area contributed by atoms with Gasteiger partial charge in [0.25, 0.3) is 5.91 Å². The molecule has 0 spiro atoms. The van der Waals surface area contributed by atoms with Gasteiger partial charge in [0.15, 0.2) is 0 Å². The number of nitrogens with zero attached hydrogens (tertiary/aromatic N) is 3. The lowest BCUT2D eigenvalue weighted by atomic mass is 10.1. The zero-order valence-corrected chi connectivity index (χ0v) is 11.8. The first-order valence-electron chi connectivity index (χ1n) is 6.58. The summed E-state index contributed by atoms with van der Waals surface area (Å²) in [5.74, 6) is 0.206. The van der Waals surface area contributed by atoms with Gasteiger partial charge in [-0.25, -0.2) is 0 Å². The molecule has 2 rings (SSSR count). The van der Waals surface area contributed by atoms with Gasteiger partial charge in [-0.15, -0.1) is 0 Å². The molecule has 0 unspecified atom stereocenters. The highest BCUT2D eigenvalue weighted by molar-refractivity contribution is 5.91. The van der Waals surface area contributed by atoms with Crippen LogP contribution < -0.4 is 5.32 Å². The minimum absolute atomic E-state index is 0.0631. The molecule has 1 N–H and O–H groups in total. The Morgan fingerprint density at radius 2 is 2.15 bits per heavy atom. The maximum Gasteiger partial charge on any atom is 0.290 e. The van der Waals surface area contributed by atoms with Crippen LogP contribution in [0.2, 0.25) is 0 Å². The molecule has 0 radical (unpaired) electrons. The second-order valence-electron chi connectivity index (χ2n) is 5.05. The largest absolute Gasteiger partial charge is 0.351 e. The van der Waals surface area contributed by atoms with Crippen LogP contribution in [0.1, 0.15) is 48.6 Å². The number of carbonyl (C=O) groups excluding carboxylic acids is 1. The van der Waals surface area contributed by atoms with Crippen LogP contribution in [0.3, 0.4) is 0 Å². The molecular weight excluding hydrogens is 256 g/mol. The maximum absolute atomic E-state index is 12.0. The summed E-state index contributed by atoms with van der Waals surface area (Å²) in [5.41, 5.74) is 1.61. The molecular formula is C14H18N4O2. The van der Waals surface area contributed by atoms with Crippen molar-refractivity contribution in [3.8, 4) is 0 Å². The van der Waals surface area contributed by atoms with E-state index in [9.17, 15) is 4.79 Å². The summed E-state index contributed by atoms with van der Waals surface area (Å²) < 4.78 is 5.05. The summed E-state index contributed by atoms with van der Waals surface area (Å²) in [5, 5.41) is 6.73. The summed E-state index contributed by atoms with van der Waals surface area (Å²) in [6, 6.07) is 1.61. The van der Waals surface area contributed by atoms with E-state index >= 15 is 0 Å². The van der Waals surface area contributed by atoms with Crippen LogP contribution in [-0.2, 0) is 6.42 Å². The van der Waals surface area contributed by atoms with Crippen LogP contribution in [-0.4, -0.2) is 27.1 Å². The lowest BCUT2D eigenvalue weighted by Crippen LogP contribution is -2.34. The monoisotopic (exact) mass is 274 g/mol. The number of hydrogen-bond acceptors (Lipinski definition) is 5. The molecule has 6 heteroatoms. The molecule has 1 amide bonds. The van der Waals surface area contributed by atoms with E-state index in [0.29, 0.717) is 6.42 Å². The van der Waals surface area contributed by atoms with E-state index in [2.05, 4.69) is 20.4 Å². The van der Waals surface area contributed by atoms with Crippen molar-refractivity contribution in [2.24, 2.45) is 0 Å². The Balaban J connectivity index is 1.93. The Bertz CT molecular complexity index is 566. The van der Waals surface area contributed by atoms with E-state index < -0.39 is 0 Å². The molecule has 2 heterocycles. The third-order valence-electron chi connectivity index (χ3n) is 2.85. The first-order chi connectivity index (χ1) is 9.56. The molecule has 0 bridgehead atoms. The van der Waals surface area contributed by atoms with Gasteiger partial charge in [0.05, 0.1) is 11.4 Å². The van der Waals surface area contributed by atoms with Gasteiger partial charge >= 0.3 is 0 Å². The van der Waals surface area contributed by atoms with Gasteiger partial charge < -0.3 is 9.84 Å². The molecule has 0 aliphatic carbocycles. The van der Waals surface area contributed by atoms with Crippen molar-refractivity contribution in [1.82, 2.24) is 20.4 Å². The highest BCUT2D eigenvalue weighted by Crippen LogP contribution is 2.14. The van der Waals surface area contributed by atoms with Crippen molar-refractivity contribution >= 4 is 5.91 Å². The predicted molar refractivity (Wildman–Crippen MR) is 73.3 cm³/mol. The quantitative estimate of drug-likeness (QED) is 0.901. The second-order valence-corrected chi connectivity index (χ2v) is 5.05. The van der Waals surface area contributed by atoms with Crippen LogP contribution in [0.15, 0.2) is 29.2 Å². The molecule has 0 saturated heterocycles. The van der Waals surface area contributed by atoms with Crippen LogP contribution in [0.25, 0.3) is 0 Å². The minimum atomic E-state index is -0.263. The molecule has 1 atom stereocenters. The Kier molecular flexibility index (Phi) is 4.45. The number of carbonyl (C=O) groups is 1. The zero-order valence-electron chi connectivity index (χ0n) is 11.8. The SMILES string of the molecule is CC(C)c1cc(C(=O)N[C@@H](C)Cc2cnccn2)on1. The van der Waals surface area contributed by atoms with E-state index in [1.807, 2.05) is 20.8 Å². The third kappa shape index (κ3) is 3.63. The maximum atomic E-state index is 12.0. The fourth-order valence-corrected chi connectivity index (χ4v) is 1.76. The van der Waals surface area contributed by atoms with Crippen molar-refractivity contribution in [3.63, 3.8) is 0 Å². The van der Waals surface area contributed by atoms with Crippen LogP contribution in [0.4, 0.5) is 0 Å². The molecule has 2 aromatic heterocycles. The Morgan fingerprint density at radius 3 is 2.75 bits per heavy atom. The van der Waals surface area contributed by atoms with Crippen molar-refractivity contribution in [1.29, 1.82) is 0 Å². The third-order valence-corrected chi connectivity index (χ3v) is 2.85. The molecule has 20 heavy (non-hydrogen) atoms. The van der Waals surface area contributed by atoms with Gasteiger partial charge in [-0.1, -0.05) is 19.0 Å². The normalized spacial score (nSPS) is 12.4. The zero-order chi connectivity index (χ0) is 14.5. The average Bonchev–Trinajstić information content (AvgIpc) is 2.89. The molecule has 0 aliphatic heterocycles. The Morgan fingerprint density at radius 1 is 1.35 bits per heavy atom. The standard InChI is InChI=1S/C14H18N4O2/c1-9(2)12-7-13(20-18-12)14(19)17-10(3)6-11-8-15-4-5-16-11/h4-5,7-10H,6H2,1-3H3,(H,17,19)/t10-/m0/s1. The van der Waals surface area contributed by atoms with Gasteiger partial charge in [-0.3, -0.25) is 14.8 Å². The number of nitrogens with one attached hydrogen (secondary N) is 1. The van der Waals surface area contributed by atoms with Crippen LogP contribution >= 0.6 is 0 Å². The van der Waals surface area contributed by atoms with Gasteiger partial charge in [-0.05, 0) is 12.8 Å². The summed E-state index contributed by atoms with van der Waals surface area (Å²) in [4.78, 5) is 20.2. The lowest BCUT2D eigenvalue weighted by molar-refractivity contribution is 0.0902. The number of hydrogen-bond donors (Lipinski definition) is 1. The molecule has 6 nitrogen and oxygen atoms in total. The van der Waals surface area contributed by atoms with Crippen molar-refractivity contribution in [2.75, 3.05) is 0 Å². The molecule has 0 aliphatic rings. The van der Waals surface area contributed by atoms with Gasteiger partial charge in [0, 0.05) is 37.1 Å². The second kappa shape index (κ2) is 6.27. The van der Waals surface area contributed by atoms with Crippen LogP contribution in [0, 0.1) is 0 Å².